The highest BCUT2D eigenvalue weighted by Gasteiger charge is 2.20. The molecule has 0 bridgehead atoms. The molecule has 174 valence electrons. The lowest BCUT2D eigenvalue weighted by Gasteiger charge is -2.14. The Kier molecular flexibility index (Phi) is 7.99. The van der Waals surface area contributed by atoms with E-state index in [1.807, 2.05) is 54.1 Å². The Bertz CT molecular complexity index is 1270. The standard InChI is InChI=1S/C25H23N3O3S3/c1-3-21(24(30)28-25-27-20(15-33-25)22-11-6-12-32-22)34-19-10-5-8-17(14-19)26-23(29)16-7-4-9-18(13-16)31-2/h4-15,21H,3H2,1-2H3,(H,26,29)(H,27,28,30). The van der Waals surface area contributed by atoms with E-state index in [4.69, 9.17) is 4.74 Å². The number of methoxy groups -OCH3 is 1. The Balaban J connectivity index is 1.39. The summed E-state index contributed by atoms with van der Waals surface area (Å²) in [6.45, 7) is 1.98. The number of amides is 2. The van der Waals surface area contributed by atoms with Crippen LogP contribution in [0.5, 0.6) is 5.75 Å². The SMILES string of the molecule is CCC(Sc1cccc(NC(=O)c2cccc(OC)c2)c1)C(=O)Nc1nc(-c2cccs2)cs1. The fourth-order valence-corrected chi connectivity index (χ4v) is 5.64. The Hall–Kier alpha value is -3.14. The maximum atomic E-state index is 12.9. The van der Waals surface area contributed by atoms with E-state index in [9.17, 15) is 9.59 Å². The highest BCUT2D eigenvalue weighted by atomic mass is 32.2. The van der Waals surface area contributed by atoms with Gasteiger partial charge in [-0.1, -0.05) is 25.1 Å². The number of thiazole rings is 1. The fourth-order valence-electron chi connectivity index (χ4n) is 3.16. The van der Waals surface area contributed by atoms with Crippen molar-refractivity contribution in [1.82, 2.24) is 4.98 Å². The number of carbonyl (C=O) groups excluding carboxylic acids is 2. The van der Waals surface area contributed by atoms with Crippen LogP contribution in [0.15, 0.2) is 76.3 Å². The first-order valence-electron chi connectivity index (χ1n) is 10.6. The minimum absolute atomic E-state index is 0.0922. The zero-order valence-corrected chi connectivity index (χ0v) is 21.1. The van der Waals surface area contributed by atoms with Gasteiger partial charge < -0.3 is 15.4 Å². The van der Waals surface area contributed by atoms with Crippen LogP contribution < -0.4 is 15.4 Å². The Morgan fingerprint density at radius 1 is 1.06 bits per heavy atom. The van der Waals surface area contributed by atoms with E-state index in [2.05, 4.69) is 15.6 Å². The second kappa shape index (κ2) is 11.3. The molecule has 4 rings (SSSR count). The zero-order valence-electron chi connectivity index (χ0n) is 18.6. The molecule has 1 unspecified atom stereocenters. The summed E-state index contributed by atoms with van der Waals surface area (Å²) < 4.78 is 5.19. The van der Waals surface area contributed by atoms with Gasteiger partial charge in [-0.25, -0.2) is 4.98 Å². The molecular formula is C25H23N3O3S3. The van der Waals surface area contributed by atoms with Gasteiger partial charge in [-0.05, 0) is 54.3 Å². The molecule has 2 N–H and O–H groups in total. The molecule has 0 fully saturated rings. The van der Waals surface area contributed by atoms with Crippen molar-refractivity contribution in [1.29, 1.82) is 0 Å². The summed E-state index contributed by atoms with van der Waals surface area (Å²) in [5.41, 5.74) is 2.04. The predicted molar refractivity (Wildman–Crippen MR) is 141 cm³/mol. The lowest BCUT2D eigenvalue weighted by Crippen LogP contribution is -2.24. The van der Waals surface area contributed by atoms with E-state index in [1.165, 1.54) is 23.1 Å². The van der Waals surface area contributed by atoms with Crippen molar-refractivity contribution < 1.29 is 14.3 Å². The molecule has 0 saturated heterocycles. The highest BCUT2D eigenvalue weighted by molar-refractivity contribution is 8.00. The Labute approximate surface area is 210 Å². The number of hydrogen-bond acceptors (Lipinski definition) is 7. The summed E-state index contributed by atoms with van der Waals surface area (Å²) in [4.78, 5) is 32.0. The van der Waals surface area contributed by atoms with Gasteiger partial charge in [0.25, 0.3) is 5.91 Å². The normalized spacial score (nSPS) is 11.6. The lowest BCUT2D eigenvalue weighted by molar-refractivity contribution is -0.115. The summed E-state index contributed by atoms with van der Waals surface area (Å²) in [5.74, 6) is 0.304. The van der Waals surface area contributed by atoms with Gasteiger partial charge in [0.1, 0.15) is 5.75 Å². The monoisotopic (exact) mass is 509 g/mol. The highest BCUT2D eigenvalue weighted by Crippen LogP contribution is 2.31. The van der Waals surface area contributed by atoms with Crippen molar-refractivity contribution in [3.63, 3.8) is 0 Å². The predicted octanol–water partition coefficient (Wildman–Crippen LogP) is 6.64. The number of carbonyl (C=O) groups is 2. The fraction of sp³-hybridized carbons (Fsp3) is 0.160. The number of thioether (sulfide) groups is 1. The van der Waals surface area contributed by atoms with Crippen LogP contribution in [0.3, 0.4) is 0 Å². The molecule has 2 heterocycles. The number of ether oxygens (including phenoxy) is 1. The zero-order chi connectivity index (χ0) is 23.9. The van der Waals surface area contributed by atoms with Crippen molar-refractivity contribution in [2.75, 3.05) is 17.7 Å². The van der Waals surface area contributed by atoms with Crippen molar-refractivity contribution in [2.24, 2.45) is 0 Å². The molecule has 1 atom stereocenters. The number of thiophene rings is 1. The number of nitrogens with one attached hydrogen (secondary N) is 2. The maximum absolute atomic E-state index is 12.9. The first kappa shape index (κ1) is 24.0. The van der Waals surface area contributed by atoms with E-state index in [0.29, 0.717) is 28.6 Å². The van der Waals surface area contributed by atoms with Gasteiger partial charge >= 0.3 is 0 Å². The summed E-state index contributed by atoms with van der Waals surface area (Å²) in [6.07, 6.45) is 0.653. The van der Waals surface area contributed by atoms with Gasteiger partial charge in [0, 0.05) is 21.5 Å². The maximum Gasteiger partial charge on any atom is 0.255 e. The van der Waals surface area contributed by atoms with Gasteiger partial charge in [-0.15, -0.1) is 34.4 Å². The molecule has 9 heteroatoms. The molecule has 4 aromatic rings. The molecule has 2 aromatic heterocycles. The average Bonchev–Trinajstić information content (AvgIpc) is 3.55. The Morgan fingerprint density at radius 2 is 1.91 bits per heavy atom. The number of hydrogen-bond donors (Lipinski definition) is 2. The third-order valence-corrected chi connectivity index (χ3v) is 7.88. The van der Waals surface area contributed by atoms with E-state index < -0.39 is 0 Å². The van der Waals surface area contributed by atoms with E-state index >= 15 is 0 Å². The second-order valence-electron chi connectivity index (χ2n) is 7.23. The summed E-state index contributed by atoms with van der Waals surface area (Å²) >= 11 is 4.50. The number of benzene rings is 2. The van der Waals surface area contributed by atoms with Crippen LogP contribution in [0.2, 0.25) is 0 Å². The first-order valence-corrected chi connectivity index (χ1v) is 13.2. The molecule has 0 aliphatic carbocycles. The second-order valence-corrected chi connectivity index (χ2v) is 10.3. The van der Waals surface area contributed by atoms with Gasteiger partial charge in [0.2, 0.25) is 5.91 Å². The molecule has 34 heavy (non-hydrogen) atoms. The molecule has 0 aliphatic rings. The van der Waals surface area contributed by atoms with Crippen molar-refractivity contribution >= 4 is 57.1 Å². The molecule has 2 amide bonds. The molecule has 0 saturated carbocycles. The number of aromatic nitrogens is 1. The van der Waals surface area contributed by atoms with Crippen molar-refractivity contribution in [3.05, 3.63) is 77.0 Å². The average molecular weight is 510 g/mol. The van der Waals surface area contributed by atoms with Gasteiger partial charge in [-0.3, -0.25) is 9.59 Å². The quantitative estimate of drug-likeness (QED) is 0.247. The minimum atomic E-state index is -0.293. The van der Waals surface area contributed by atoms with Gasteiger partial charge in [0.05, 0.1) is 22.9 Å². The minimum Gasteiger partial charge on any atom is -0.497 e. The number of nitrogens with zero attached hydrogens (tertiary/aromatic N) is 1. The lowest BCUT2D eigenvalue weighted by atomic mass is 10.2. The summed E-state index contributed by atoms with van der Waals surface area (Å²) in [5, 5.41) is 10.1. The first-order chi connectivity index (χ1) is 16.6. The third-order valence-electron chi connectivity index (χ3n) is 4.87. The topological polar surface area (TPSA) is 80.3 Å². The van der Waals surface area contributed by atoms with Crippen molar-refractivity contribution in [2.45, 2.75) is 23.5 Å². The van der Waals surface area contributed by atoms with Crippen LogP contribution in [0.4, 0.5) is 10.8 Å². The van der Waals surface area contributed by atoms with Crippen LogP contribution in [0.25, 0.3) is 10.6 Å². The van der Waals surface area contributed by atoms with Crippen molar-refractivity contribution in [3.8, 4) is 16.3 Å². The number of rotatable bonds is 9. The largest absolute Gasteiger partial charge is 0.497 e. The molecule has 0 spiro atoms. The van der Waals surface area contributed by atoms with E-state index in [1.54, 1.807) is 42.7 Å². The molecule has 6 nitrogen and oxygen atoms in total. The third kappa shape index (κ3) is 6.05. The van der Waals surface area contributed by atoms with Crippen LogP contribution in [0, 0.1) is 0 Å². The van der Waals surface area contributed by atoms with Crippen LogP contribution in [-0.2, 0) is 4.79 Å². The van der Waals surface area contributed by atoms with Crippen LogP contribution in [0.1, 0.15) is 23.7 Å². The van der Waals surface area contributed by atoms with Crippen LogP contribution in [-0.4, -0.2) is 29.2 Å². The summed E-state index contributed by atoms with van der Waals surface area (Å²) in [7, 11) is 1.56. The van der Waals surface area contributed by atoms with E-state index in [0.717, 1.165) is 15.5 Å². The molecular weight excluding hydrogens is 486 g/mol. The van der Waals surface area contributed by atoms with Gasteiger partial charge in [0.15, 0.2) is 5.13 Å². The molecule has 0 radical (unpaired) electrons. The smallest absolute Gasteiger partial charge is 0.255 e. The van der Waals surface area contributed by atoms with Gasteiger partial charge in [-0.2, -0.15) is 0 Å². The summed E-state index contributed by atoms with van der Waals surface area (Å²) in [6, 6.07) is 18.5. The molecule has 0 aliphatic heterocycles. The van der Waals surface area contributed by atoms with E-state index in [-0.39, 0.29) is 17.1 Å². The Morgan fingerprint density at radius 3 is 2.68 bits per heavy atom. The van der Waals surface area contributed by atoms with Crippen LogP contribution >= 0.6 is 34.4 Å². The number of anilines is 2. The molecule has 2 aromatic carbocycles.